The second-order valence-electron chi connectivity index (χ2n) is 5.12. The van der Waals surface area contributed by atoms with E-state index in [0.29, 0.717) is 24.3 Å². The molecule has 1 aliphatic rings. The highest BCUT2D eigenvalue weighted by molar-refractivity contribution is 9.10. The Kier molecular flexibility index (Phi) is 4.70. The highest BCUT2D eigenvalue weighted by atomic mass is 79.9. The van der Waals surface area contributed by atoms with Crippen molar-refractivity contribution in [3.05, 3.63) is 33.3 Å². The van der Waals surface area contributed by atoms with E-state index in [1.807, 2.05) is 18.2 Å². The summed E-state index contributed by atoms with van der Waals surface area (Å²) < 4.78 is 0.919. The van der Waals surface area contributed by atoms with Crippen LogP contribution >= 0.6 is 27.5 Å². The van der Waals surface area contributed by atoms with E-state index in [0.717, 1.165) is 29.3 Å². The Morgan fingerprint density at radius 1 is 1.28 bits per heavy atom. The van der Waals surface area contributed by atoms with Crippen molar-refractivity contribution >= 4 is 27.5 Å². The van der Waals surface area contributed by atoms with Crippen molar-refractivity contribution in [2.24, 2.45) is 0 Å². The highest BCUT2D eigenvalue weighted by Gasteiger charge is 2.36. The number of hydrogen-bond acceptors (Lipinski definition) is 2. The molecule has 0 radical (unpaired) electrons. The zero-order valence-electron chi connectivity index (χ0n) is 10.2. The van der Waals surface area contributed by atoms with Crippen LogP contribution in [0.3, 0.4) is 0 Å². The lowest BCUT2D eigenvalue weighted by Gasteiger charge is -2.36. The molecule has 2 nitrogen and oxygen atoms in total. The first-order valence-corrected chi connectivity index (χ1v) is 7.53. The van der Waals surface area contributed by atoms with Crippen molar-refractivity contribution in [1.29, 1.82) is 0 Å². The minimum atomic E-state index is -0.936. The van der Waals surface area contributed by atoms with Gasteiger partial charge in [0.25, 0.3) is 0 Å². The molecule has 18 heavy (non-hydrogen) atoms. The largest absolute Gasteiger partial charge is 0.390 e. The Labute approximate surface area is 121 Å². The van der Waals surface area contributed by atoms with Gasteiger partial charge in [-0.15, -0.1) is 0 Å². The van der Waals surface area contributed by atoms with Gasteiger partial charge in [0.1, 0.15) is 0 Å². The van der Waals surface area contributed by atoms with Gasteiger partial charge >= 0.3 is 0 Å². The number of hydrogen-bond donors (Lipinski definition) is 2. The molecule has 1 unspecified atom stereocenters. The first kappa shape index (κ1) is 14.3. The van der Waals surface area contributed by atoms with Gasteiger partial charge < -0.3 is 10.2 Å². The van der Waals surface area contributed by atoms with Gasteiger partial charge in [0.2, 0.25) is 0 Å². The number of benzene rings is 1. The molecule has 0 aromatic heterocycles. The summed E-state index contributed by atoms with van der Waals surface area (Å²) in [5.41, 5.74) is -0.0550. The number of halogens is 2. The molecular formula is C14H18BrClO2. The van der Waals surface area contributed by atoms with Crippen LogP contribution in [0.4, 0.5) is 0 Å². The lowest BCUT2D eigenvalue weighted by Crippen LogP contribution is -2.45. The van der Waals surface area contributed by atoms with Crippen molar-refractivity contribution < 1.29 is 10.2 Å². The molecular weight excluding hydrogens is 316 g/mol. The molecule has 1 aromatic carbocycles. The van der Waals surface area contributed by atoms with Gasteiger partial charge in [-0.1, -0.05) is 52.9 Å². The summed E-state index contributed by atoms with van der Waals surface area (Å²) in [5, 5.41) is 21.3. The second-order valence-corrected chi connectivity index (χ2v) is 6.44. The predicted molar refractivity (Wildman–Crippen MR) is 76.9 cm³/mol. The van der Waals surface area contributed by atoms with Crippen LogP contribution in [-0.4, -0.2) is 21.9 Å². The summed E-state index contributed by atoms with van der Waals surface area (Å²) in [6.45, 7) is 0. The van der Waals surface area contributed by atoms with E-state index in [-0.39, 0.29) is 0 Å². The van der Waals surface area contributed by atoms with E-state index in [1.54, 1.807) is 0 Å². The standard InChI is InChI=1S/C14H18BrClO2/c15-11-5-4-10(12(16)9-11)8-13(17)14(18)6-2-1-3-7-14/h4-5,9,13,17-18H,1-3,6-8H2. The Balaban J connectivity index is 2.08. The molecule has 2 rings (SSSR count). The van der Waals surface area contributed by atoms with Gasteiger partial charge in [0.15, 0.2) is 0 Å². The molecule has 1 fully saturated rings. The van der Waals surface area contributed by atoms with Gasteiger partial charge in [-0.05, 0) is 30.5 Å². The minimum Gasteiger partial charge on any atom is -0.390 e. The van der Waals surface area contributed by atoms with E-state index >= 15 is 0 Å². The summed E-state index contributed by atoms with van der Waals surface area (Å²) in [4.78, 5) is 0. The maximum absolute atomic E-state index is 10.4. The van der Waals surface area contributed by atoms with Gasteiger partial charge in [0.05, 0.1) is 11.7 Å². The molecule has 0 bridgehead atoms. The van der Waals surface area contributed by atoms with Gasteiger partial charge in [-0.3, -0.25) is 0 Å². The zero-order valence-corrected chi connectivity index (χ0v) is 12.5. The predicted octanol–water partition coefficient (Wildman–Crippen LogP) is 3.70. The van der Waals surface area contributed by atoms with Crippen LogP contribution in [-0.2, 0) is 6.42 Å². The molecule has 1 saturated carbocycles. The molecule has 0 aliphatic heterocycles. The molecule has 0 amide bonds. The van der Waals surface area contributed by atoms with Crippen molar-refractivity contribution in [1.82, 2.24) is 0 Å². The second kappa shape index (κ2) is 5.91. The summed E-state index contributed by atoms with van der Waals surface area (Å²) in [6, 6.07) is 5.61. The third-order valence-corrected chi connectivity index (χ3v) is 4.61. The molecule has 1 aromatic rings. The lowest BCUT2D eigenvalue weighted by atomic mass is 9.79. The Bertz CT molecular complexity index is 416. The van der Waals surface area contributed by atoms with Crippen LogP contribution in [0, 0.1) is 0 Å². The van der Waals surface area contributed by atoms with E-state index in [2.05, 4.69) is 15.9 Å². The Morgan fingerprint density at radius 2 is 1.94 bits per heavy atom. The molecule has 1 atom stereocenters. The number of aliphatic hydroxyl groups excluding tert-OH is 1. The van der Waals surface area contributed by atoms with E-state index < -0.39 is 11.7 Å². The average molecular weight is 334 g/mol. The first-order valence-electron chi connectivity index (χ1n) is 6.36. The Morgan fingerprint density at radius 3 is 2.56 bits per heavy atom. The fourth-order valence-corrected chi connectivity index (χ4v) is 3.33. The van der Waals surface area contributed by atoms with Gasteiger partial charge in [0, 0.05) is 15.9 Å². The lowest BCUT2D eigenvalue weighted by molar-refractivity contribution is -0.0960. The monoisotopic (exact) mass is 332 g/mol. The van der Waals surface area contributed by atoms with Crippen molar-refractivity contribution in [3.63, 3.8) is 0 Å². The van der Waals surface area contributed by atoms with Crippen LogP contribution in [0.25, 0.3) is 0 Å². The normalized spacial score (nSPS) is 20.7. The molecule has 1 aliphatic carbocycles. The van der Waals surface area contributed by atoms with Crippen LogP contribution in [0.2, 0.25) is 5.02 Å². The molecule has 0 spiro atoms. The SMILES string of the molecule is OC(Cc1ccc(Br)cc1Cl)C1(O)CCCCC1. The molecule has 4 heteroatoms. The summed E-state index contributed by atoms with van der Waals surface area (Å²) in [7, 11) is 0. The minimum absolute atomic E-state index is 0.405. The van der Waals surface area contributed by atoms with Crippen molar-refractivity contribution in [2.45, 2.75) is 50.2 Å². The van der Waals surface area contributed by atoms with E-state index in [9.17, 15) is 10.2 Å². The van der Waals surface area contributed by atoms with Gasteiger partial charge in [-0.2, -0.15) is 0 Å². The van der Waals surface area contributed by atoms with Crippen LogP contribution in [0.1, 0.15) is 37.7 Å². The molecule has 0 saturated heterocycles. The third-order valence-electron chi connectivity index (χ3n) is 3.77. The smallest absolute Gasteiger partial charge is 0.0908 e. The maximum atomic E-state index is 10.4. The van der Waals surface area contributed by atoms with E-state index in [4.69, 9.17) is 11.6 Å². The van der Waals surface area contributed by atoms with Crippen molar-refractivity contribution in [2.75, 3.05) is 0 Å². The van der Waals surface area contributed by atoms with Crippen LogP contribution in [0.15, 0.2) is 22.7 Å². The molecule has 2 N–H and O–H groups in total. The Hall–Kier alpha value is -0.0900. The third kappa shape index (κ3) is 3.27. The number of rotatable bonds is 3. The van der Waals surface area contributed by atoms with Gasteiger partial charge in [-0.25, -0.2) is 0 Å². The quantitative estimate of drug-likeness (QED) is 0.885. The number of aliphatic hydroxyl groups is 2. The summed E-state index contributed by atoms with van der Waals surface area (Å²) in [6.07, 6.45) is 4.15. The summed E-state index contributed by atoms with van der Waals surface area (Å²) in [5.74, 6) is 0. The van der Waals surface area contributed by atoms with E-state index in [1.165, 1.54) is 0 Å². The topological polar surface area (TPSA) is 40.5 Å². The fourth-order valence-electron chi connectivity index (χ4n) is 2.58. The first-order chi connectivity index (χ1) is 8.51. The highest BCUT2D eigenvalue weighted by Crippen LogP contribution is 2.33. The maximum Gasteiger partial charge on any atom is 0.0908 e. The average Bonchev–Trinajstić information content (AvgIpc) is 2.33. The molecule has 100 valence electrons. The van der Waals surface area contributed by atoms with Crippen LogP contribution < -0.4 is 0 Å². The van der Waals surface area contributed by atoms with Crippen LogP contribution in [0.5, 0.6) is 0 Å². The zero-order chi connectivity index (χ0) is 13.2. The fraction of sp³-hybridized carbons (Fsp3) is 0.571. The molecule has 0 heterocycles. The van der Waals surface area contributed by atoms with Crippen molar-refractivity contribution in [3.8, 4) is 0 Å². The summed E-state index contributed by atoms with van der Waals surface area (Å²) >= 11 is 9.49.